The molecule has 0 aromatic heterocycles. The average molecular weight is 253 g/mol. The zero-order valence-corrected chi connectivity index (χ0v) is 10.5. The van der Waals surface area contributed by atoms with Crippen LogP contribution < -0.4 is 5.32 Å². The summed E-state index contributed by atoms with van der Waals surface area (Å²) >= 11 is 0. The third-order valence-electron chi connectivity index (χ3n) is 3.34. The van der Waals surface area contributed by atoms with Gasteiger partial charge in [0.1, 0.15) is 6.10 Å². The van der Waals surface area contributed by atoms with Gasteiger partial charge in [-0.05, 0) is 11.1 Å². The quantitative estimate of drug-likeness (QED) is 0.912. The van der Waals surface area contributed by atoms with Crippen molar-refractivity contribution in [1.82, 2.24) is 5.32 Å². The second-order valence-corrected chi connectivity index (χ2v) is 4.67. The molecule has 19 heavy (non-hydrogen) atoms. The minimum atomic E-state index is -0.338. The van der Waals surface area contributed by atoms with E-state index in [1.165, 1.54) is 5.56 Å². The van der Waals surface area contributed by atoms with Crippen LogP contribution in [0.2, 0.25) is 0 Å². The van der Waals surface area contributed by atoms with Crippen molar-refractivity contribution in [3.63, 3.8) is 0 Å². The van der Waals surface area contributed by atoms with E-state index in [-0.39, 0.29) is 18.2 Å². The molecule has 1 aliphatic rings. The van der Waals surface area contributed by atoms with Crippen LogP contribution in [-0.4, -0.2) is 12.2 Å². The van der Waals surface area contributed by atoms with E-state index in [4.69, 9.17) is 4.74 Å². The number of hydrogen-bond donors (Lipinski definition) is 1. The Morgan fingerprint density at radius 3 is 2.26 bits per heavy atom. The summed E-state index contributed by atoms with van der Waals surface area (Å²) in [4.78, 5) is 11.5. The molecule has 1 aliphatic heterocycles. The molecule has 2 aromatic carbocycles. The first-order valence-electron chi connectivity index (χ1n) is 6.39. The van der Waals surface area contributed by atoms with Gasteiger partial charge in [-0.1, -0.05) is 60.7 Å². The van der Waals surface area contributed by atoms with Gasteiger partial charge in [-0.25, -0.2) is 4.79 Å². The van der Waals surface area contributed by atoms with Crippen molar-refractivity contribution < 1.29 is 9.53 Å². The largest absolute Gasteiger partial charge is 0.443 e. The number of nitrogens with one attached hydrogen (secondary N) is 1. The molecule has 1 amide bonds. The molecule has 0 unspecified atom stereocenters. The average Bonchev–Trinajstić information content (AvgIpc) is 2.82. The smallest absolute Gasteiger partial charge is 0.408 e. The summed E-state index contributed by atoms with van der Waals surface area (Å²) < 4.78 is 5.38. The lowest BCUT2D eigenvalue weighted by Gasteiger charge is -2.17. The first-order chi connectivity index (χ1) is 9.33. The lowest BCUT2D eigenvalue weighted by Crippen LogP contribution is -2.24. The maximum Gasteiger partial charge on any atom is 0.408 e. The van der Waals surface area contributed by atoms with Crippen molar-refractivity contribution in [3.8, 4) is 0 Å². The Morgan fingerprint density at radius 2 is 1.58 bits per heavy atom. The van der Waals surface area contributed by atoms with Gasteiger partial charge in [0.25, 0.3) is 0 Å². The van der Waals surface area contributed by atoms with Crippen molar-refractivity contribution in [2.75, 3.05) is 0 Å². The minimum Gasteiger partial charge on any atom is -0.443 e. The van der Waals surface area contributed by atoms with Crippen LogP contribution in [0.3, 0.4) is 0 Å². The van der Waals surface area contributed by atoms with Crippen molar-refractivity contribution >= 4 is 6.09 Å². The Morgan fingerprint density at radius 1 is 0.947 bits per heavy atom. The van der Waals surface area contributed by atoms with Crippen LogP contribution in [0.5, 0.6) is 0 Å². The fraction of sp³-hybridized carbons (Fsp3) is 0.188. The number of carbonyl (C=O) groups is 1. The molecule has 96 valence electrons. The highest BCUT2D eigenvalue weighted by Gasteiger charge is 2.34. The summed E-state index contributed by atoms with van der Waals surface area (Å²) in [6, 6.07) is 19.9. The molecule has 0 aliphatic carbocycles. The van der Waals surface area contributed by atoms with Gasteiger partial charge in [0.05, 0.1) is 6.04 Å². The van der Waals surface area contributed by atoms with E-state index in [2.05, 4.69) is 5.32 Å². The summed E-state index contributed by atoms with van der Waals surface area (Å²) in [5.41, 5.74) is 2.25. The van der Waals surface area contributed by atoms with E-state index in [0.29, 0.717) is 0 Å². The van der Waals surface area contributed by atoms with Gasteiger partial charge in [-0.3, -0.25) is 0 Å². The molecule has 0 bridgehead atoms. The zero-order valence-electron chi connectivity index (χ0n) is 10.5. The number of ether oxygens (including phenoxy) is 1. The van der Waals surface area contributed by atoms with Gasteiger partial charge in [-0.2, -0.15) is 0 Å². The lowest BCUT2D eigenvalue weighted by molar-refractivity contribution is 0.131. The van der Waals surface area contributed by atoms with Gasteiger partial charge in [0, 0.05) is 6.42 Å². The predicted octanol–water partition coefficient (Wildman–Crippen LogP) is 3.08. The number of alkyl carbamates (subject to hydrolysis) is 1. The molecular weight excluding hydrogens is 238 g/mol. The monoisotopic (exact) mass is 253 g/mol. The summed E-state index contributed by atoms with van der Waals surface area (Å²) in [5, 5.41) is 2.88. The molecular formula is C16H15NO2. The molecule has 0 radical (unpaired) electrons. The van der Waals surface area contributed by atoms with Crippen LogP contribution >= 0.6 is 0 Å². The highest BCUT2D eigenvalue weighted by molar-refractivity contribution is 5.70. The van der Waals surface area contributed by atoms with E-state index in [1.807, 2.05) is 60.7 Å². The molecule has 1 saturated heterocycles. The second-order valence-electron chi connectivity index (χ2n) is 4.67. The van der Waals surface area contributed by atoms with Gasteiger partial charge >= 0.3 is 6.09 Å². The molecule has 1 N–H and O–H groups in total. The van der Waals surface area contributed by atoms with Crippen molar-refractivity contribution in [2.24, 2.45) is 0 Å². The Labute approximate surface area is 112 Å². The van der Waals surface area contributed by atoms with E-state index in [0.717, 1.165) is 12.0 Å². The molecule has 2 atom stereocenters. The van der Waals surface area contributed by atoms with Crippen LogP contribution in [0.4, 0.5) is 4.79 Å². The standard InChI is InChI=1S/C16H15NO2/c18-16-17-15(13-9-5-2-6-10-13)14(19-16)11-12-7-3-1-4-8-12/h1-10,14-15H,11H2,(H,17,18)/t14-,15-/m0/s1. The number of benzene rings is 2. The second kappa shape index (κ2) is 5.14. The number of rotatable bonds is 3. The van der Waals surface area contributed by atoms with Gasteiger partial charge in [-0.15, -0.1) is 0 Å². The Hall–Kier alpha value is -2.29. The molecule has 0 spiro atoms. The number of hydrogen-bond acceptors (Lipinski definition) is 2. The SMILES string of the molecule is O=C1N[C@@H](c2ccccc2)[C@H](Cc2ccccc2)O1. The molecule has 0 saturated carbocycles. The molecule has 3 heteroatoms. The van der Waals surface area contributed by atoms with Crippen LogP contribution in [0.25, 0.3) is 0 Å². The highest BCUT2D eigenvalue weighted by Crippen LogP contribution is 2.27. The van der Waals surface area contributed by atoms with Crippen molar-refractivity contribution in [2.45, 2.75) is 18.6 Å². The van der Waals surface area contributed by atoms with Crippen LogP contribution in [0.1, 0.15) is 17.2 Å². The predicted molar refractivity (Wildman–Crippen MR) is 72.7 cm³/mol. The van der Waals surface area contributed by atoms with E-state index in [1.54, 1.807) is 0 Å². The fourth-order valence-corrected chi connectivity index (χ4v) is 2.42. The maximum atomic E-state index is 11.5. The molecule has 3 nitrogen and oxygen atoms in total. The summed E-state index contributed by atoms with van der Waals surface area (Å²) in [7, 11) is 0. The van der Waals surface area contributed by atoms with Crippen LogP contribution in [0.15, 0.2) is 60.7 Å². The van der Waals surface area contributed by atoms with Gasteiger partial charge < -0.3 is 10.1 Å². The Balaban J connectivity index is 1.81. The number of carbonyl (C=O) groups excluding carboxylic acids is 1. The number of amides is 1. The molecule has 2 aromatic rings. The van der Waals surface area contributed by atoms with Crippen LogP contribution in [0, 0.1) is 0 Å². The summed E-state index contributed by atoms with van der Waals surface area (Å²) in [5.74, 6) is 0. The third-order valence-corrected chi connectivity index (χ3v) is 3.34. The van der Waals surface area contributed by atoms with Gasteiger partial charge in [0.15, 0.2) is 0 Å². The Kier molecular flexibility index (Phi) is 3.19. The maximum absolute atomic E-state index is 11.5. The molecule has 1 heterocycles. The van der Waals surface area contributed by atoms with Gasteiger partial charge in [0.2, 0.25) is 0 Å². The molecule has 1 fully saturated rings. The topological polar surface area (TPSA) is 38.3 Å². The molecule has 3 rings (SSSR count). The summed E-state index contributed by atoms with van der Waals surface area (Å²) in [6.07, 6.45) is 0.228. The first-order valence-corrected chi connectivity index (χ1v) is 6.39. The normalized spacial score (nSPS) is 21.8. The summed E-state index contributed by atoms with van der Waals surface area (Å²) in [6.45, 7) is 0. The van der Waals surface area contributed by atoms with Crippen LogP contribution in [-0.2, 0) is 11.2 Å². The third kappa shape index (κ3) is 2.60. The van der Waals surface area contributed by atoms with E-state index >= 15 is 0 Å². The lowest BCUT2D eigenvalue weighted by atomic mass is 9.97. The zero-order chi connectivity index (χ0) is 13.1. The number of cyclic esters (lactones) is 1. The minimum absolute atomic E-state index is 0.0751. The van der Waals surface area contributed by atoms with Crippen molar-refractivity contribution in [1.29, 1.82) is 0 Å². The highest BCUT2D eigenvalue weighted by atomic mass is 16.6. The first kappa shape index (κ1) is 11.8. The fourth-order valence-electron chi connectivity index (χ4n) is 2.42. The Bertz CT molecular complexity index is 553. The van der Waals surface area contributed by atoms with E-state index in [9.17, 15) is 4.79 Å². The van der Waals surface area contributed by atoms with E-state index < -0.39 is 0 Å². The van der Waals surface area contributed by atoms with Crippen molar-refractivity contribution in [3.05, 3.63) is 71.8 Å².